The first-order valence-corrected chi connectivity index (χ1v) is 12.0. The van der Waals surface area contributed by atoms with E-state index >= 15 is 0 Å². The summed E-state index contributed by atoms with van der Waals surface area (Å²) in [7, 11) is 2.17. The fourth-order valence-electron chi connectivity index (χ4n) is 5.48. The first-order chi connectivity index (χ1) is 15.0. The molecule has 6 heteroatoms. The Morgan fingerprint density at radius 3 is 2.23 bits per heavy atom. The molecule has 3 aliphatic rings. The normalized spacial score (nSPS) is 24.4. The lowest BCUT2D eigenvalue weighted by molar-refractivity contribution is -0.140. The van der Waals surface area contributed by atoms with Gasteiger partial charge in [0.25, 0.3) is 0 Å². The molecule has 0 aromatic heterocycles. The number of hydrogen-bond donors (Lipinski definition) is 1. The van der Waals surface area contributed by atoms with E-state index in [2.05, 4.69) is 16.8 Å². The van der Waals surface area contributed by atoms with Gasteiger partial charge in [0.2, 0.25) is 5.91 Å². The number of carbonyl (C=O) groups is 1. The highest BCUT2D eigenvalue weighted by molar-refractivity contribution is 5.77. The number of ether oxygens (including phenoxy) is 1. The van der Waals surface area contributed by atoms with Crippen molar-refractivity contribution in [3.63, 3.8) is 0 Å². The lowest BCUT2D eigenvalue weighted by Gasteiger charge is -2.49. The third-order valence-electron chi connectivity index (χ3n) is 7.87. The van der Waals surface area contributed by atoms with E-state index in [1.807, 2.05) is 35.2 Å². The minimum absolute atomic E-state index is 0.105. The first-order valence-electron chi connectivity index (χ1n) is 12.0. The average Bonchev–Trinajstić information content (AvgIpc) is 2.79. The van der Waals surface area contributed by atoms with Crippen molar-refractivity contribution in [2.75, 3.05) is 59.5 Å². The zero-order valence-corrected chi connectivity index (χ0v) is 19.1. The lowest BCUT2D eigenvalue weighted by Crippen LogP contribution is -2.54. The fourth-order valence-corrected chi connectivity index (χ4v) is 5.48. The maximum atomic E-state index is 12.6. The summed E-state index contributed by atoms with van der Waals surface area (Å²) in [5.41, 5.74) is 0.884. The van der Waals surface area contributed by atoms with E-state index in [0.29, 0.717) is 12.0 Å². The molecule has 4 rings (SSSR count). The molecule has 172 valence electrons. The molecule has 1 aliphatic carbocycles. The summed E-state index contributed by atoms with van der Waals surface area (Å²) in [6.45, 7) is 7.43. The van der Waals surface area contributed by atoms with Gasteiger partial charge in [-0.1, -0.05) is 30.3 Å². The number of likely N-dealkylation sites (tertiary alicyclic amines) is 1. The molecule has 2 heterocycles. The highest BCUT2D eigenvalue weighted by atomic mass is 16.5. The zero-order chi connectivity index (χ0) is 21.7. The van der Waals surface area contributed by atoms with Crippen molar-refractivity contribution in [2.24, 2.45) is 5.41 Å². The van der Waals surface area contributed by atoms with Crippen LogP contribution in [0.1, 0.15) is 44.1 Å². The number of aliphatic hydroxyl groups is 1. The van der Waals surface area contributed by atoms with Gasteiger partial charge in [0.05, 0.1) is 12.2 Å². The maximum absolute atomic E-state index is 12.6. The van der Waals surface area contributed by atoms with Gasteiger partial charge in [0, 0.05) is 45.8 Å². The van der Waals surface area contributed by atoms with Gasteiger partial charge >= 0.3 is 0 Å². The van der Waals surface area contributed by atoms with Crippen LogP contribution in [-0.2, 0) is 16.1 Å². The second kappa shape index (κ2) is 9.99. The van der Waals surface area contributed by atoms with Gasteiger partial charge in [0.15, 0.2) is 0 Å². The third-order valence-corrected chi connectivity index (χ3v) is 7.87. The van der Waals surface area contributed by atoms with E-state index in [-0.39, 0.29) is 12.5 Å². The largest absolute Gasteiger partial charge is 0.389 e. The molecular weight excluding hydrogens is 390 g/mol. The topological polar surface area (TPSA) is 56.2 Å². The molecule has 3 fully saturated rings. The van der Waals surface area contributed by atoms with Crippen molar-refractivity contribution >= 4 is 5.91 Å². The molecule has 1 aromatic rings. The number of amides is 1. The van der Waals surface area contributed by atoms with Crippen LogP contribution >= 0.6 is 0 Å². The van der Waals surface area contributed by atoms with Crippen molar-refractivity contribution in [2.45, 2.75) is 50.7 Å². The third kappa shape index (κ3) is 6.07. The van der Waals surface area contributed by atoms with Crippen LogP contribution in [0.2, 0.25) is 0 Å². The van der Waals surface area contributed by atoms with Crippen LogP contribution in [0.25, 0.3) is 0 Å². The summed E-state index contributed by atoms with van der Waals surface area (Å²) in [6.07, 6.45) is 6.08. The number of piperidine rings is 1. The SMILES string of the molecule is CN1CCN(CC2(O)CCC3(CCN(C(=O)COCc4ccccc4)CC3)CC2)CC1. The second-order valence-corrected chi connectivity index (χ2v) is 10.2. The molecule has 1 spiro atoms. The molecular formula is C25H39N3O3. The van der Waals surface area contributed by atoms with Crippen molar-refractivity contribution < 1.29 is 14.6 Å². The average molecular weight is 430 g/mol. The molecule has 1 N–H and O–H groups in total. The molecule has 0 atom stereocenters. The summed E-state index contributed by atoms with van der Waals surface area (Å²) in [5, 5.41) is 11.2. The number of carbonyl (C=O) groups excluding carboxylic acids is 1. The Bertz CT molecular complexity index is 700. The molecule has 0 unspecified atom stereocenters. The Kier molecular flexibility index (Phi) is 7.32. The smallest absolute Gasteiger partial charge is 0.248 e. The van der Waals surface area contributed by atoms with E-state index in [1.54, 1.807) is 0 Å². The molecule has 1 aromatic carbocycles. The van der Waals surface area contributed by atoms with E-state index in [9.17, 15) is 9.90 Å². The van der Waals surface area contributed by atoms with Gasteiger partial charge in [0.1, 0.15) is 6.61 Å². The summed E-state index contributed by atoms with van der Waals surface area (Å²) in [6, 6.07) is 9.99. The molecule has 0 radical (unpaired) electrons. The Labute approximate surface area is 187 Å². The van der Waals surface area contributed by atoms with Crippen LogP contribution in [-0.4, -0.2) is 90.8 Å². The van der Waals surface area contributed by atoms with E-state index < -0.39 is 5.60 Å². The summed E-state index contributed by atoms with van der Waals surface area (Å²) in [5.74, 6) is 0.105. The first kappa shape index (κ1) is 22.7. The fraction of sp³-hybridized carbons (Fsp3) is 0.720. The molecule has 2 saturated heterocycles. The number of nitrogens with zero attached hydrogens (tertiary/aromatic N) is 3. The van der Waals surface area contributed by atoms with E-state index in [4.69, 9.17) is 4.74 Å². The quantitative estimate of drug-likeness (QED) is 0.752. The molecule has 31 heavy (non-hydrogen) atoms. The summed E-state index contributed by atoms with van der Waals surface area (Å²) >= 11 is 0. The van der Waals surface area contributed by atoms with Gasteiger partial charge in [-0.25, -0.2) is 0 Å². The van der Waals surface area contributed by atoms with E-state index in [1.165, 1.54) is 0 Å². The van der Waals surface area contributed by atoms with Gasteiger partial charge in [-0.15, -0.1) is 0 Å². The summed E-state index contributed by atoms with van der Waals surface area (Å²) in [4.78, 5) is 19.3. The number of rotatable bonds is 6. The van der Waals surface area contributed by atoms with Crippen LogP contribution in [0.3, 0.4) is 0 Å². The molecule has 2 aliphatic heterocycles. The number of hydrogen-bond acceptors (Lipinski definition) is 5. The Hall–Kier alpha value is -1.47. The van der Waals surface area contributed by atoms with Crippen LogP contribution in [0.15, 0.2) is 30.3 Å². The molecule has 6 nitrogen and oxygen atoms in total. The van der Waals surface area contributed by atoms with Crippen molar-refractivity contribution in [1.82, 2.24) is 14.7 Å². The Balaban J connectivity index is 1.18. The monoisotopic (exact) mass is 429 g/mol. The van der Waals surface area contributed by atoms with Gasteiger partial charge in [-0.3, -0.25) is 9.69 Å². The summed E-state index contributed by atoms with van der Waals surface area (Å²) < 4.78 is 5.65. The minimum atomic E-state index is -0.528. The van der Waals surface area contributed by atoms with Gasteiger partial charge in [-0.05, 0) is 56.6 Å². The Morgan fingerprint density at radius 2 is 1.58 bits per heavy atom. The van der Waals surface area contributed by atoms with Crippen LogP contribution in [0, 0.1) is 5.41 Å². The molecule has 1 saturated carbocycles. The van der Waals surface area contributed by atoms with Crippen LogP contribution in [0.4, 0.5) is 0 Å². The molecule has 0 bridgehead atoms. The second-order valence-electron chi connectivity index (χ2n) is 10.2. The highest BCUT2D eigenvalue weighted by Crippen LogP contribution is 2.47. The number of β-amino-alcohol motifs (C(OH)–C–C–N with tert-alkyl or cyclic N) is 1. The van der Waals surface area contributed by atoms with Crippen LogP contribution < -0.4 is 0 Å². The predicted octanol–water partition coefficient (Wildman–Crippen LogP) is 2.36. The van der Waals surface area contributed by atoms with Crippen molar-refractivity contribution in [3.05, 3.63) is 35.9 Å². The predicted molar refractivity (Wildman–Crippen MR) is 122 cm³/mol. The Morgan fingerprint density at radius 1 is 0.935 bits per heavy atom. The number of piperazine rings is 1. The molecule has 1 amide bonds. The van der Waals surface area contributed by atoms with Crippen molar-refractivity contribution in [3.8, 4) is 0 Å². The number of benzene rings is 1. The van der Waals surface area contributed by atoms with E-state index in [0.717, 1.165) is 89.9 Å². The standard InChI is InChI=1S/C25H39N3O3/c1-26-15-17-27(18-16-26)21-25(30)9-7-24(8-10-25)11-13-28(14-12-24)23(29)20-31-19-22-5-3-2-4-6-22/h2-6,30H,7-21H2,1H3. The minimum Gasteiger partial charge on any atom is -0.389 e. The maximum Gasteiger partial charge on any atom is 0.248 e. The lowest BCUT2D eigenvalue weighted by atomic mass is 9.64. The zero-order valence-electron chi connectivity index (χ0n) is 19.1. The van der Waals surface area contributed by atoms with Crippen molar-refractivity contribution in [1.29, 1.82) is 0 Å². The highest BCUT2D eigenvalue weighted by Gasteiger charge is 2.44. The van der Waals surface area contributed by atoms with Gasteiger partial charge < -0.3 is 19.6 Å². The van der Waals surface area contributed by atoms with Crippen LogP contribution in [0.5, 0.6) is 0 Å². The van der Waals surface area contributed by atoms with Gasteiger partial charge in [-0.2, -0.15) is 0 Å². The number of likely N-dealkylation sites (N-methyl/N-ethyl adjacent to an activating group) is 1.